The molecule has 0 saturated carbocycles. The van der Waals surface area contributed by atoms with E-state index in [2.05, 4.69) is 9.08 Å². The lowest BCUT2D eigenvalue weighted by molar-refractivity contribution is -0.0500. The van der Waals surface area contributed by atoms with Gasteiger partial charge < -0.3 is 8.92 Å². The molecule has 0 aromatic heterocycles. The second-order valence-corrected chi connectivity index (χ2v) is 7.75. The monoisotopic (exact) mass is 381 g/mol. The molecular weight excluding hydrogens is 359 g/mol. The highest BCUT2D eigenvalue weighted by Crippen LogP contribution is 2.37. The van der Waals surface area contributed by atoms with Crippen molar-refractivity contribution in [2.24, 2.45) is 0 Å². The standard InChI is InChI=1S/C16H22F3NO4S/c1-4-8-20(11(2)3)12-9-13-14(23-10-12)6-5-7-15(13)24-25(21,22)16(17,18)19/h5-7,11-12H,4,8-10H2,1-3H3. The fourth-order valence-electron chi connectivity index (χ4n) is 2.94. The third-order valence-electron chi connectivity index (χ3n) is 4.06. The number of benzene rings is 1. The third-order valence-corrected chi connectivity index (χ3v) is 5.02. The van der Waals surface area contributed by atoms with Crippen LogP contribution in [0.4, 0.5) is 13.2 Å². The third kappa shape index (κ3) is 4.38. The molecule has 1 unspecified atom stereocenters. The van der Waals surface area contributed by atoms with Crippen molar-refractivity contribution in [2.45, 2.75) is 51.2 Å². The molecule has 1 aromatic rings. The summed E-state index contributed by atoms with van der Waals surface area (Å²) in [7, 11) is -5.72. The number of hydrogen-bond donors (Lipinski definition) is 0. The quantitative estimate of drug-likeness (QED) is 0.559. The lowest BCUT2D eigenvalue weighted by Gasteiger charge is -2.37. The first kappa shape index (κ1) is 19.8. The van der Waals surface area contributed by atoms with Crippen LogP contribution < -0.4 is 8.92 Å². The van der Waals surface area contributed by atoms with Crippen LogP contribution in [0.1, 0.15) is 32.8 Å². The van der Waals surface area contributed by atoms with Crippen LogP contribution in [0.3, 0.4) is 0 Å². The van der Waals surface area contributed by atoms with Crippen LogP contribution in [0.15, 0.2) is 18.2 Å². The number of ether oxygens (including phenoxy) is 1. The minimum absolute atomic E-state index is 0.0641. The summed E-state index contributed by atoms with van der Waals surface area (Å²) >= 11 is 0. The van der Waals surface area contributed by atoms with Crippen molar-refractivity contribution in [2.75, 3.05) is 13.2 Å². The summed E-state index contributed by atoms with van der Waals surface area (Å²) in [4.78, 5) is 2.19. The van der Waals surface area contributed by atoms with Crippen LogP contribution in [0.25, 0.3) is 0 Å². The van der Waals surface area contributed by atoms with E-state index in [1.54, 1.807) is 6.07 Å². The van der Waals surface area contributed by atoms with Gasteiger partial charge in [0, 0.05) is 17.6 Å². The van der Waals surface area contributed by atoms with Crippen molar-refractivity contribution in [1.82, 2.24) is 4.90 Å². The predicted octanol–water partition coefficient (Wildman–Crippen LogP) is 3.34. The van der Waals surface area contributed by atoms with Gasteiger partial charge in [0.25, 0.3) is 0 Å². The Bertz CT molecular complexity index is 704. The fourth-order valence-corrected chi connectivity index (χ4v) is 3.43. The Labute approximate surface area is 145 Å². The highest BCUT2D eigenvalue weighted by atomic mass is 32.2. The molecule has 0 fully saturated rings. The van der Waals surface area contributed by atoms with E-state index in [0.717, 1.165) is 13.0 Å². The van der Waals surface area contributed by atoms with Crippen LogP contribution in [-0.4, -0.2) is 44.1 Å². The number of nitrogens with zero attached hydrogens (tertiary/aromatic N) is 1. The maximum absolute atomic E-state index is 12.6. The smallest absolute Gasteiger partial charge is 0.492 e. The predicted molar refractivity (Wildman–Crippen MR) is 87.2 cm³/mol. The van der Waals surface area contributed by atoms with Gasteiger partial charge in [-0.25, -0.2) is 0 Å². The lowest BCUT2D eigenvalue weighted by atomic mass is 9.99. The minimum Gasteiger partial charge on any atom is -0.492 e. The number of rotatable bonds is 6. The van der Waals surface area contributed by atoms with E-state index in [-0.39, 0.29) is 17.8 Å². The molecule has 5 nitrogen and oxygen atoms in total. The highest BCUT2D eigenvalue weighted by molar-refractivity contribution is 7.88. The minimum atomic E-state index is -5.72. The molecule has 0 N–H and O–H groups in total. The zero-order valence-corrected chi connectivity index (χ0v) is 15.2. The maximum atomic E-state index is 12.6. The summed E-state index contributed by atoms with van der Waals surface area (Å²) in [6, 6.07) is 4.38. The zero-order valence-electron chi connectivity index (χ0n) is 14.3. The Morgan fingerprint density at radius 2 is 2.04 bits per heavy atom. The Morgan fingerprint density at radius 1 is 1.36 bits per heavy atom. The van der Waals surface area contributed by atoms with Gasteiger partial charge in [0.1, 0.15) is 18.1 Å². The Morgan fingerprint density at radius 3 is 2.60 bits per heavy atom. The Kier molecular flexibility index (Phi) is 5.88. The molecule has 2 rings (SSSR count). The Balaban J connectivity index is 2.32. The van der Waals surface area contributed by atoms with E-state index in [0.29, 0.717) is 24.3 Å². The van der Waals surface area contributed by atoms with Crippen LogP contribution >= 0.6 is 0 Å². The van der Waals surface area contributed by atoms with Gasteiger partial charge in [-0.3, -0.25) is 4.90 Å². The summed E-state index contributed by atoms with van der Waals surface area (Å²) in [5.74, 6) is 0.0195. The maximum Gasteiger partial charge on any atom is 0.534 e. The van der Waals surface area contributed by atoms with Crippen molar-refractivity contribution in [3.8, 4) is 11.5 Å². The van der Waals surface area contributed by atoms with Crippen molar-refractivity contribution >= 4 is 10.1 Å². The van der Waals surface area contributed by atoms with Gasteiger partial charge in [-0.1, -0.05) is 13.0 Å². The molecule has 0 saturated heterocycles. The number of hydrogen-bond acceptors (Lipinski definition) is 5. The first-order chi connectivity index (χ1) is 11.6. The molecule has 142 valence electrons. The summed E-state index contributed by atoms with van der Waals surface area (Å²) in [6.45, 7) is 7.30. The van der Waals surface area contributed by atoms with Crippen molar-refractivity contribution in [3.05, 3.63) is 23.8 Å². The average Bonchev–Trinajstić information content (AvgIpc) is 2.51. The van der Waals surface area contributed by atoms with Crippen LogP contribution in [0.2, 0.25) is 0 Å². The summed E-state index contributed by atoms with van der Waals surface area (Å²) < 4.78 is 70.5. The molecule has 0 spiro atoms. The topological polar surface area (TPSA) is 55.8 Å². The summed E-state index contributed by atoms with van der Waals surface area (Å²) in [6.07, 6.45) is 1.28. The van der Waals surface area contributed by atoms with Crippen molar-refractivity contribution in [3.63, 3.8) is 0 Å². The Hall–Kier alpha value is -1.48. The lowest BCUT2D eigenvalue weighted by Crippen LogP contribution is -2.47. The van der Waals surface area contributed by atoms with E-state index in [9.17, 15) is 21.6 Å². The molecular formula is C16H22F3NO4S. The first-order valence-corrected chi connectivity index (χ1v) is 9.48. The van der Waals surface area contributed by atoms with E-state index in [1.807, 2.05) is 20.8 Å². The van der Waals surface area contributed by atoms with Gasteiger partial charge in [0.2, 0.25) is 0 Å². The molecule has 9 heteroatoms. The summed E-state index contributed by atoms with van der Waals surface area (Å²) in [5.41, 5.74) is -5.13. The second kappa shape index (κ2) is 7.41. The first-order valence-electron chi connectivity index (χ1n) is 8.08. The van der Waals surface area contributed by atoms with E-state index in [4.69, 9.17) is 4.74 Å². The van der Waals surface area contributed by atoms with E-state index in [1.165, 1.54) is 12.1 Å². The van der Waals surface area contributed by atoms with E-state index < -0.39 is 15.6 Å². The van der Waals surface area contributed by atoms with Crippen molar-refractivity contribution < 1.29 is 30.5 Å². The van der Waals surface area contributed by atoms with Gasteiger partial charge >= 0.3 is 15.6 Å². The molecule has 1 atom stereocenters. The van der Waals surface area contributed by atoms with Crippen LogP contribution in [0.5, 0.6) is 11.5 Å². The molecule has 0 bridgehead atoms. The van der Waals surface area contributed by atoms with Gasteiger partial charge in [-0.05, 0) is 45.4 Å². The number of fused-ring (bicyclic) bond motifs is 1. The molecule has 1 aliphatic heterocycles. The summed E-state index contributed by atoms with van der Waals surface area (Å²) in [5, 5.41) is 0. The highest BCUT2D eigenvalue weighted by Gasteiger charge is 2.49. The fraction of sp³-hybridized carbons (Fsp3) is 0.625. The van der Waals surface area contributed by atoms with Gasteiger partial charge in [-0.15, -0.1) is 0 Å². The van der Waals surface area contributed by atoms with Crippen LogP contribution in [-0.2, 0) is 16.5 Å². The van der Waals surface area contributed by atoms with Crippen molar-refractivity contribution in [1.29, 1.82) is 0 Å². The average molecular weight is 381 g/mol. The normalized spacial score (nSPS) is 18.2. The zero-order chi connectivity index (χ0) is 18.8. The van der Waals surface area contributed by atoms with Gasteiger partial charge in [0.05, 0.1) is 0 Å². The molecule has 1 aromatic carbocycles. The second-order valence-electron chi connectivity index (χ2n) is 6.22. The van der Waals surface area contributed by atoms with Crippen LogP contribution in [0, 0.1) is 0 Å². The molecule has 1 heterocycles. The van der Waals surface area contributed by atoms with Gasteiger partial charge in [-0.2, -0.15) is 21.6 Å². The molecule has 1 aliphatic rings. The van der Waals surface area contributed by atoms with Gasteiger partial charge in [0.15, 0.2) is 0 Å². The molecule has 0 radical (unpaired) electrons. The number of halogens is 3. The molecule has 0 aliphatic carbocycles. The molecule has 25 heavy (non-hydrogen) atoms. The molecule has 0 amide bonds. The van der Waals surface area contributed by atoms with E-state index >= 15 is 0 Å². The SMILES string of the molecule is CCCN(C(C)C)C1COc2cccc(OS(=O)(=O)C(F)(F)F)c2C1. The number of alkyl halides is 3. The largest absolute Gasteiger partial charge is 0.534 e.